The average molecular weight is 215 g/mol. The van der Waals surface area contributed by atoms with Gasteiger partial charge in [-0.05, 0) is 31.5 Å². The van der Waals surface area contributed by atoms with Crippen LogP contribution in [0.5, 0.6) is 0 Å². The second-order valence-electron chi connectivity index (χ2n) is 2.96. The molecule has 1 unspecified atom stereocenters. The number of benzene rings is 1. The van der Waals surface area contributed by atoms with Gasteiger partial charge in [0.2, 0.25) is 0 Å². The van der Waals surface area contributed by atoms with Crippen LogP contribution in [0.2, 0.25) is 0 Å². The van der Waals surface area contributed by atoms with Crippen LogP contribution in [0.1, 0.15) is 11.7 Å². The average Bonchev–Trinajstić information content (AvgIpc) is 2.19. The van der Waals surface area contributed by atoms with E-state index in [9.17, 15) is 9.50 Å². The van der Waals surface area contributed by atoms with E-state index < -0.39 is 6.10 Å². The molecule has 1 atom stereocenters. The molecule has 2 nitrogen and oxygen atoms in total. The molecule has 14 heavy (non-hydrogen) atoms. The standard InChI is InChI=1S/C10H14FNOS/c1-12-6-10(13)8-5-7(14-2)3-4-9(8)11/h3-5,10,12-13H,6H2,1-2H3. The van der Waals surface area contributed by atoms with E-state index in [2.05, 4.69) is 5.32 Å². The van der Waals surface area contributed by atoms with Crippen LogP contribution in [0.15, 0.2) is 23.1 Å². The van der Waals surface area contributed by atoms with Gasteiger partial charge in [0.05, 0.1) is 6.10 Å². The number of rotatable bonds is 4. The maximum atomic E-state index is 13.3. The Morgan fingerprint density at radius 1 is 1.57 bits per heavy atom. The third-order valence-corrected chi connectivity index (χ3v) is 2.68. The SMILES string of the molecule is CNCC(O)c1cc(SC)ccc1F. The predicted molar refractivity (Wildman–Crippen MR) is 57.1 cm³/mol. The Kier molecular flexibility index (Phi) is 4.38. The third-order valence-electron chi connectivity index (χ3n) is 1.96. The molecule has 0 radical (unpaired) electrons. The second-order valence-corrected chi connectivity index (χ2v) is 3.84. The summed E-state index contributed by atoms with van der Waals surface area (Å²) in [6, 6.07) is 4.78. The quantitative estimate of drug-likeness (QED) is 0.751. The molecule has 0 fully saturated rings. The fraction of sp³-hybridized carbons (Fsp3) is 0.400. The fourth-order valence-electron chi connectivity index (χ4n) is 1.21. The summed E-state index contributed by atoms with van der Waals surface area (Å²) in [7, 11) is 1.72. The van der Waals surface area contributed by atoms with Crippen molar-refractivity contribution in [2.45, 2.75) is 11.0 Å². The predicted octanol–water partition coefficient (Wildman–Crippen LogP) is 1.80. The monoisotopic (exact) mass is 215 g/mol. The zero-order valence-electron chi connectivity index (χ0n) is 8.25. The van der Waals surface area contributed by atoms with Crippen LogP contribution in [0.3, 0.4) is 0 Å². The van der Waals surface area contributed by atoms with Crippen molar-refractivity contribution in [3.05, 3.63) is 29.6 Å². The van der Waals surface area contributed by atoms with Crippen molar-refractivity contribution in [2.24, 2.45) is 0 Å². The largest absolute Gasteiger partial charge is 0.387 e. The molecule has 0 bridgehead atoms. The summed E-state index contributed by atoms with van der Waals surface area (Å²) in [5, 5.41) is 12.4. The Hall–Kier alpha value is -0.580. The Labute approximate surface area is 87.5 Å². The van der Waals surface area contributed by atoms with Gasteiger partial charge in [-0.3, -0.25) is 0 Å². The van der Waals surface area contributed by atoms with Crippen LogP contribution in [0.4, 0.5) is 4.39 Å². The first-order chi connectivity index (χ1) is 6.69. The highest BCUT2D eigenvalue weighted by atomic mass is 32.2. The van der Waals surface area contributed by atoms with E-state index in [0.29, 0.717) is 12.1 Å². The first-order valence-electron chi connectivity index (χ1n) is 4.35. The van der Waals surface area contributed by atoms with E-state index in [1.165, 1.54) is 17.8 Å². The van der Waals surface area contributed by atoms with Crippen molar-refractivity contribution >= 4 is 11.8 Å². The lowest BCUT2D eigenvalue weighted by molar-refractivity contribution is 0.173. The number of likely N-dealkylation sites (N-methyl/N-ethyl adjacent to an activating group) is 1. The zero-order chi connectivity index (χ0) is 10.6. The van der Waals surface area contributed by atoms with Crippen LogP contribution in [-0.2, 0) is 0 Å². The van der Waals surface area contributed by atoms with Gasteiger partial charge in [-0.2, -0.15) is 0 Å². The summed E-state index contributed by atoms with van der Waals surface area (Å²) >= 11 is 1.53. The number of halogens is 1. The van der Waals surface area contributed by atoms with E-state index in [1.807, 2.05) is 6.26 Å². The Bertz CT molecular complexity index is 306. The highest BCUT2D eigenvalue weighted by Gasteiger charge is 2.12. The van der Waals surface area contributed by atoms with Gasteiger partial charge in [0.15, 0.2) is 0 Å². The molecule has 0 aliphatic rings. The van der Waals surface area contributed by atoms with Crippen LogP contribution >= 0.6 is 11.8 Å². The van der Waals surface area contributed by atoms with E-state index in [-0.39, 0.29) is 5.82 Å². The molecule has 78 valence electrons. The van der Waals surface area contributed by atoms with E-state index in [1.54, 1.807) is 19.2 Å². The van der Waals surface area contributed by atoms with Crippen LogP contribution in [0.25, 0.3) is 0 Å². The van der Waals surface area contributed by atoms with Gasteiger partial charge < -0.3 is 10.4 Å². The zero-order valence-corrected chi connectivity index (χ0v) is 9.07. The fourth-order valence-corrected chi connectivity index (χ4v) is 1.66. The second kappa shape index (κ2) is 5.34. The summed E-state index contributed by atoms with van der Waals surface area (Å²) < 4.78 is 13.3. The number of aliphatic hydroxyl groups excluding tert-OH is 1. The van der Waals surface area contributed by atoms with E-state index in [0.717, 1.165) is 4.90 Å². The van der Waals surface area contributed by atoms with Crippen molar-refractivity contribution in [3.63, 3.8) is 0 Å². The molecule has 0 amide bonds. The van der Waals surface area contributed by atoms with Gasteiger partial charge in [0, 0.05) is 17.0 Å². The number of nitrogens with one attached hydrogen (secondary N) is 1. The Morgan fingerprint density at radius 2 is 2.29 bits per heavy atom. The number of thioether (sulfide) groups is 1. The summed E-state index contributed by atoms with van der Waals surface area (Å²) in [4.78, 5) is 0.955. The molecule has 0 saturated carbocycles. The first-order valence-corrected chi connectivity index (χ1v) is 5.57. The normalized spacial score (nSPS) is 12.9. The van der Waals surface area contributed by atoms with Crippen LogP contribution in [0, 0.1) is 5.82 Å². The molecule has 1 aromatic rings. The highest BCUT2D eigenvalue weighted by molar-refractivity contribution is 7.98. The molecule has 0 spiro atoms. The van der Waals surface area contributed by atoms with Gasteiger partial charge >= 0.3 is 0 Å². The van der Waals surface area contributed by atoms with Crippen LogP contribution in [-0.4, -0.2) is 25.0 Å². The maximum Gasteiger partial charge on any atom is 0.129 e. The molecule has 0 aromatic heterocycles. The minimum absolute atomic E-state index is 0.353. The molecule has 0 aliphatic heterocycles. The third kappa shape index (κ3) is 2.70. The molecular weight excluding hydrogens is 201 g/mol. The molecule has 2 N–H and O–H groups in total. The highest BCUT2D eigenvalue weighted by Crippen LogP contribution is 2.23. The summed E-state index contributed by atoms with van der Waals surface area (Å²) in [6.07, 6.45) is 1.13. The molecule has 4 heteroatoms. The van der Waals surface area contributed by atoms with Gasteiger partial charge in [-0.15, -0.1) is 11.8 Å². The van der Waals surface area contributed by atoms with Crippen molar-refractivity contribution in [1.29, 1.82) is 0 Å². The Morgan fingerprint density at radius 3 is 2.86 bits per heavy atom. The van der Waals surface area contributed by atoms with Gasteiger partial charge in [0.25, 0.3) is 0 Å². The molecular formula is C10H14FNOS. The summed E-state index contributed by atoms with van der Waals surface area (Å²) in [6.45, 7) is 0.356. The van der Waals surface area contributed by atoms with Crippen molar-refractivity contribution in [1.82, 2.24) is 5.32 Å². The Balaban J connectivity index is 2.93. The summed E-state index contributed by atoms with van der Waals surface area (Å²) in [5.41, 5.74) is 0.353. The van der Waals surface area contributed by atoms with Gasteiger partial charge in [-0.1, -0.05) is 0 Å². The maximum absolute atomic E-state index is 13.3. The number of hydrogen-bond donors (Lipinski definition) is 2. The minimum atomic E-state index is -0.785. The lowest BCUT2D eigenvalue weighted by atomic mass is 10.1. The first kappa shape index (κ1) is 11.5. The smallest absolute Gasteiger partial charge is 0.129 e. The van der Waals surface area contributed by atoms with Crippen LogP contribution < -0.4 is 5.32 Å². The lowest BCUT2D eigenvalue weighted by Crippen LogP contribution is -2.17. The topological polar surface area (TPSA) is 32.3 Å². The molecule has 0 heterocycles. The minimum Gasteiger partial charge on any atom is -0.387 e. The van der Waals surface area contributed by atoms with E-state index >= 15 is 0 Å². The van der Waals surface area contributed by atoms with Crippen molar-refractivity contribution in [2.75, 3.05) is 19.8 Å². The van der Waals surface area contributed by atoms with Gasteiger partial charge in [-0.25, -0.2) is 4.39 Å². The van der Waals surface area contributed by atoms with E-state index in [4.69, 9.17) is 0 Å². The number of hydrogen-bond acceptors (Lipinski definition) is 3. The molecule has 1 rings (SSSR count). The molecule has 0 aliphatic carbocycles. The summed E-state index contributed by atoms with van der Waals surface area (Å²) in [5.74, 6) is -0.356. The number of aliphatic hydroxyl groups is 1. The lowest BCUT2D eigenvalue weighted by Gasteiger charge is -2.12. The van der Waals surface area contributed by atoms with Crippen molar-refractivity contribution < 1.29 is 9.50 Å². The van der Waals surface area contributed by atoms with Crippen molar-refractivity contribution in [3.8, 4) is 0 Å². The van der Waals surface area contributed by atoms with Gasteiger partial charge in [0.1, 0.15) is 5.82 Å². The molecule has 0 saturated heterocycles. The molecule has 1 aromatic carbocycles.